The first kappa shape index (κ1) is 9.17. The molecule has 0 aromatic carbocycles. The van der Waals surface area contributed by atoms with Crippen LogP contribution in [0.4, 0.5) is 0 Å². The lowest BCUT2D eigenvalue weighted by Gasteiger charge is -2.25. The van der Waals surface area contributed by atoms with E-state index in [1.54, 1.807) is 0 Å². The Bertz CT molecular complexity index is 200. The van der Waals surface area contributed by atoms with Crippen molar-refractivity contribution in [2.75, 3.05) is 32.7 Å². The topological polar surface area (TPSA) is 6.48 Å². The van der Waals surface area contributed by atoms with Crippen LogP contribution in [0.2, 0.25) is 0 Å². The molecule has 1 atom stereocenters. The van der Waals surface area contributed by atoms with Crippen LogP contribution in [0.3, 0.4) is 0 Å². The highest BCUT2D eigenvalue weighted by Crippen LogP contribution is 2.31. The van der Waals surface area contributed by atoms with Crippen molar-refractivity contribution in [2.45, 2.75) is 38.1 Å². The van der Waals surface area contributed by atoms with Crippen molar-refractivity contribution in [1.82, 2.24) is 9.80 Å². The van der Waals surface area contributed by atoms with Crippen LogP contribution in [0.1, 0.15) is 32.1 Å². The predicted octanol–water partition coefficient (Wildman–Crippen LogP) is 1.57. The molecule has 2 nitrogen and oxygen atoms in total. The highest BCUT2D eigenvalue weighted by Gasteiger charge is 2.31. The molecule has 0 aromatic rings. The fourth-order valence-electron chi connectivity index (χ4n) is 3.11. The average Bonchev–Trinajstić information content (AvgIpc) is 2.92. The minimum Gasteiger partial charge on any atom is -0.301 e. The van der Waals surface area contributed by atoms with Gasteiger partial charge in [-0.3, -0.25) is 4.90 Å². The molecule has 0 bridgehead atoms. The van der Waals surface area contributed by atoms with E-state index in [0.29, 0.717) is 0 Å². The molecule has 3 aliphatic rings. The van der Waals surface area contributed by atoms with Crippen LogP contribution in [0.25, 0.3) is 0 Å². The van der Waals surface area contributed by atoms with Gasteiger partial charge in [0.1, 0.15) is 0 Å². The van der Waals surface area contributed by atoms with Gasteiger partial charge in [-0.1, -0.05) is 0 Å². The number of fused-ring (bicyclic) bond motifs is 1. The number of hydrogen-bond acceptors (Lipinski definition) is 2. The fraction of sp³-hybridized carbons (Fsp3) is 1.00. The van der Waals surface area contributed by atoms with Gasteiger partial charge >= 0.3 is 0 Å². The predicted molar refractivity (Wildman–Crippen MR) is 58.4 cm³/mol. The van der Waals surface area contributed by atoms with Gasteiger partial charge in [-0.2, -0.15) is 0 Å². The van der Waals surface area contributed by atoms with Crippen molar-refractivity contribution in [2.24, 2.45) is 5.92 Å². The van der Waals surface area contributed by atoms with E-state index >= 15 is 0 Å². The first-order chi connectivity index (χ1) is 6.92. The molecule has 0 aromatic heterocycles. The number of rotatable bonds is 2. The van der Waals surface area contributed by atoms with Crippen molar-refractivity contribution in [1.29, 1.82) is 0 Å². The molecule has 3 fully saturated rings. The van der Waals surface area contributed by atoms with Gasteiger partial charge in [-0.15, -0.1) is 0 Å². The van der Waals surface area contributed by atoms with Gasteiger partial charge in [0.15, 0.2) is 0 Å². The number of nitrogens with zero attached hydrogens (tertiary/aromatic N) is 2. The molecule has 0 radical (unpaired) electrons. The molecule has 1 aliphatic carbocycles. The summed E-state index contributed by atoms with van der Waals surface area (Å²) in [5, 5.41) is 0. The largest absolute Gasteiger partial charge is 0.301 e. The molecular formula is C12H22N2. The van der Waals surface area contributed by atoms with Crippen LogP contribution in [-0.4, -0.2) is 48.6 Å². The molecule has 2 heteroatoms. The maximum absolute atomic E-state index is 2.74. The molecule has 1 saturated carbocycles. The van der Waals surface area contributed by atoms with Crippen LogP contribution in [0.5, 0.6) is 0 Å². The molecule has 2 aliphatic heterocycles. The van der Waals surface area contributed by atoms with Gasteiger partial charge in [0, 0.05) is 19.1 Å². The van der Waals surface area contributed by atoms with E-state index in [9.17, 15) is 0 Å². The molecular weight excluding hydrogens is 172 g/mol. The molecule has 14 heavy (non-hydrogen) atoms. The Labute approximate surface area is 87.3 Å². The van der Waals surface area contributed by atoms with Gasteiger partial charge in [0.05, 0.1) is 0 Å². The molecule has 0 amide bonds. The minimum absolute atomic E-state index is 0.913. The second-order valence-corrected chi connectivity index (χ2v) is 5.39. The highest BCUT2D eigenvalue weighted by molar-refractivity contribution is 4.87. The molecule has 0 spiro atoms. The zero-order chi connectivity index (χ0) is 9.38. The molecule has 0 N–H and O–H groups in total. The normalized spacial score (nSPS) is 35.6. The summed E-state index contributed by atoms with van der Waals surface area (Å²) in [5.74, 6) is 1.07. The number of hydrogen-bond donors (Lipinski definition) is 0. The van der Waals surface area contributed by atoms with E-state index in [1.807, 2.05) is 0 Å². The van der Waals surface area contributed by atoms with Crippen molar-refractivity contribution < 1.29 is 0 Å². The monoisotopic (exact) mass is 194 g/mol. The molecule has 80 valence electrons. The van der Waals surface area contributed by atoms with E-state index in [0.717, 1.165) is 12.0 Å². The second kappa shape index (κ2) is 3.82. The maximum Gasteiger partial charge on any atom is 0.0223 e. The zero-order valence-electron chi connectivity index (χ0n) is 9.12. The molecule has 1 unspecified atom stereocenters. The Kier molecular flexibility index (Phi) is 2.50. The van der Waals surface area contributed by atoms with Gasteiger partial charge in [-0.05, 0) is 57.7 Å². The lowest BCUT2D eigenvalue weighted by atomic mass is 10.2. The third-order valence-electron chi connectivity index (χ3n) is 4.10. The molecule has 3 rings (SSSR count). The lowest BCUT2D eigenvalue weighted by molar-refractivity contribution is 0.215. The third-order valence-corrected chi connectivity index (χ3v) is 4.10. The van der Waals surface area contributed by atoms with Crippen LogP contribution in [-0.2, 0) is 0 Å². The van der Waals surface area contributed by atoms with Crippen LogP contribution in [0.15, 0.2) is 0 Å². The fourth-order valence-corrected chi connectivity index (χ4v) is 3.11. The van der Waals surface area contributed by atoms with Crippen LogP contribution < -0.4 is 0 Å². The average molecular weight is 194 g/mol. The minimum atomic E-state index is 0.913. The van der Waals surface area contributed by atoms with E-state index < -0.39 is 0 Å². The van der Waals surface area contributed by atoms with Crippen molar-refractivity contribution >= 4 is 0 Å². The summed E-state index contributed by atoms with van der Waals surface area (Å²) in [6.45, 7) is 6.89. The second-order valence-electron chi connectivity index (χ2n) is 5.39. The van der Waals surface area contributed by atoms with Crippen molar-refractivity contribution in [3.63, 3.8) is 0 Å². The first-order valence-corrected chi connectivity index (χ1v) is 6.38. The third kappa shape index (κ3) is 1.96. The van der Waals surface area contributed by atoms with E-state index in [-0.39, 0.29) is 0 Å². The Hall–Kier alpha value is -0.0800. The van der Waals surface area contributed by atoms with Gasteiger partial charge in [0.25, 0.3) is 0 Å². The first-order valence-electron chi connectivity index (χ1n) is 6.38. The van der Waals surface area contributed by atoms with Crippen LogP contribution in [0, 0.1) is 5.92 Å². The van der Waals surface area contributed by atoms with Gasteiger partial charge < -0.3 is 4.90 Å². The summed E-state index contributed by atoms with van der Waals surface area (Å²) in [6.07, 6.45) is 7.32. The zero-order valence-corrected chi connectivity index (χ0v) is 9.12. The molecule has 2 saturated heterocycles. The van der Waals surface area contributed by atoms with E-state index in [1.165, 1.54) is 64.8 Å². The Morgan fingerprint density at radius 1 is 0.929 bits per heavy atom. The standard InChI is InChI=1S/C12H22N2/c1-3-12-10-13(9-11-4-5-11)6-2-8-14(12)7-1/h11-12H,1-10H2. The molecule has 2 heterocycles. The van der Waals surface area contributed by atoms with Crippen molar-refractivity contribution in [3.05, 3.63) is 0 Å². The summed E-state index contributed by atoms with van der Waals surface area (Å²) < 4.78 is 0. The summed E-state index contributed by atoms with van der Waals surface area (Å²) in [5.41, 5.74) is 0. The Morgan fingerprint density at radius 3 is 2.64 bits per heavy atom. The SMILES string of the molecule is C1CC2CN(CC3CC3)CCCN2C1. The summed E-state index contributed by atoms with van der Waals surface area (Å²) in [7, 11) is 0. The van der Waals surface area contributed by atoms with Crippen LogP contribution >= 0.6 is 0 Å². The summed E-state index contributed by atoms with van der Waals surface area (Å²) >= 11 is 0. The summed E-state index contributed by atoms with van der Waals surface area (Å²) in [6, 6.07) is 0.913. The smallest absolute Gasteiger partial charge is 0.0223 e. The quantitative estimate of drug-likeness (QED) is 0.658. The maximum atomic E-state index is 2.74. The Balaban J connectivity index is 1.58. The summed E-state index contributed by atoms with van der Waals surface area (Å²) in [4.78, 5) is 5.47. The Morgan fingerprint density at radius 2 is 1.79 bits per heavy atom. The van der Waals surface area contributed by atoms with Gasteiger partial charge in [0.2, 0.25) is 0 Å². The van der Waals surface area contributed by atoms with E-state index in [2.05, 4.69) is 9.80 Å². The van der Waals surface area contributed by atoms with E-state index in [4.69, 9.17) is 0 Å². The lowest BCUT2D eigenvalue weighted by Crippen LogP contribution is -2.37. The highest BCUT2D eigenvalue weighted by atomic mass is 15.3. The van der Waals surface area contributed by atoms with Gasteiger partial charge in [-0.25, -0.2) is 0 Å². The van der Waals surface area contributed by atoms with Crippen molar-refractivity contribution in [3.8, 4) is 0 Å².